The smallest absolute Gasteiger partial charge is 0.152 e. The van der Waals surface area contributed by atoms with Crippen molar-refractivity contribution < 1.29 is 4.79 Å². The van der Waals surface area contributed by atoms with Gasteiger partial charge in [-0.1, -0.05) is 13.8 Å². The van der Waals surface area contributed by atoms with Gasteiger partial charge in [0.2, 0.25) is 0 Å². The second-order valence-electron chi connectivity index (χ2n) is 3.24. The average molecular weight is 155 g/mol. The van der Waals surface area contributed by atoms with E-state index in [0.29, 0.717) is 12.2 Å². The Morgan fingerprint density at radius 2 is 2.09 bits per heavy atom. The first kappa shape index (κ1) is 8.72. The van der Waals surface area contributed by atoms with Gasteiger partial charge in [0.15, 0.2) is 5.78 Å². The summed E-state index contributed by atoms with van der Waals surface area (Å²) in [4.78, 5) is 11.4. The third kappa shape index (κ3) is 1.45. The first-order valence-corrected chi connectivity index (χ1v) is 4.53. The standard InChI is InChI=1S/C9H17NO/c1-3-8(11)9(10-4-2)6-5-7-9/h10H,3-7H2,1-2H3. The van der Waals surface area contributed by atoms with Gasteiger partial charge >= 0.3 is 0 Å². The summed E-state index contributed by atoms with van der Waals surface area (Å²) in [6, 6.07) is 0. The van der Waals surface area contributed by atoms with Gasteiger partial charge in [0.05, 0.1) is 5.54 Å². The van der Waals surface area contributed by atoms with E-state index in [9.17, 15) is 4.79 Å². The summed E-state index contributed by atoms with van der Waals surface area (Å²) < 4.78 is 0. The summed E-state index contributed by atoms with van der Waals surface area (Å²) >= 11 is 0. The minimum atomic E-state index is -0.108. The topological polar surface area (TPSA) is 29.1 Å². The Kier molecular flexibility index (Phi) is 2.66. The Balaban J connectivity index is 2.52. The number of likely N-dealkylation sites (N-methyl/N-ethyl adjacent to an activating group) is 1. The van der Waals surface area contributed by atoms with Crippen LogP contribution < -0.4 is 5.32 Å². The molecule has 0 unspecified atom stereocenters. The maximum atomic E-state index is 11.4. The summed E-state index contributed by atoms with van der Waals surface area (Å²) in [5, 5.41) is 3.30. The van der Waals surface area contributed by atoms with E-state index in [2.05, 4.69) is 12.2 Å². The third-order valence-electron chi connectivity index (χ3n) is 2.58. The number of Topliss-reactive ketones (excluding diaryl/α,β-unsaturated/α-hetero) is 1. The molecule has 0 radical (unpaired) electrons. The lowest BCUT2D eigenvalue weighted by molar-refractivity contribution is -0.128. The van der Waals surface area contributed by atoms with E-state index in [1.807, 2.05) is 6.92 Å². The second-order valence-corrected chi connectivity index (χ2v) is 3.24. The van der Waals surface area contributed by atoms with Gasteiger partial charge in [-0.25, -0.2) is 0 Å². The number of carbonyl (C=O) groups is 1. The highest BCUT2D eigenvalue weighted by molar-refractivity contribution is 5.89. The highest BCUT2D eigenvalue weighted by Gasteiger charge is 2.41. The van der Waals surface area contributed by atoms with Crippen LogP contribution in [0.15, 0.2) is 0 Å². The zero-order valence-electron chi connectivity index (χ0n) is 7.44. The molecule has 0 saturated heterocycles. The van der Waals surface area contributed by atoms with Crippen LogP contribution in [0.25, 0.3) is 0 Å². The fourth-order valence-electron chi connectivity index (χ4n) is 1.76. The molecule has 0 aromatic heterocycles. The van der Waals surface area contributed by atoms with Crippen molar-refractivity contribution in [2.45, 2.75) is 45.1 Å². The van der Waals surface area contributed by atoms with Gasteiger partial charge in [-0.15, -0.1) is 0 Å². The summed E-state index contributed by atoms with van der Waals surface area (Å²) in [6.45, 7) is 4.91. The molecule has 0 heterocycles. The van der Waals surface area contributed by atoms with Crippen molar-refractivity contribution in [3.05, 3.63) is 0 Å². The fourth-order valence-corrected chi connectivity index (χ4v) is 1.76. The summed E-state index contributed by atoms with van der Waals surface area (Å²) in [6.07, 6.45) is 3.98. The van der Waals surface area contributed by atoms with Crippen molar-refractivity contribution in [2.24, 2.45) is 0 Å². The monoisotopic (exact) mass is 155 g/mol. The average Bonchev–Trinajstić information content (AvgIpc) is 1.95. The van der Waals surface area contributed by atoms with Gasteiger partial charge in [-0.3, -0.25) is 4.79 Å². The molecule has 1 fully saturated rings. The second kappa shape index (κ2) is 3.35. The molecule has 0 bridgehead atoms. The van der Waals surface area contributed by atoms with Crippen LogP contribution in [0.3, 0.4) is 0 Å². The lowest BCUT2D eigenvalue weighted by Gasteiger charge is -2.41. The molecule has 0 aromatic rings. The van der Waals surface area contributed by atoms with E-state index in [-0.39, 0.29) is 5.54 Å². The molecule has 0 spiro atoms. The molecule has 64 valence electrons. The molecular weight excluding hydrogens is 138 g/mol. The number of nitrogens with one attached hydrogen (secondary N) is 1. The SMILES string of the molecule is CCNC1(C(=O)CC)CCC1. The van der Waals surface area contributed by atoms with Crippen LogP contribution >= 0.6 is 0 Å². The lowest BCUT2D eigenvalue weighted by Crippen LogP contribution is -2.56. The van der Waals surface area contributed by atoms with Gasteiger partial charge in [0.25, 0.3) is 0 Å². The van der Waals surface area contributed by atoms with Crippen molar-refractivity contribution in [2.75, 3.05) is 6.54 Å². The van der Waals surface area contributed by atoms with E-state index in [1.54, 1.807) is 0 Å². The van der Waals surface area contributed by atoms with Crippen molar-refractivity contribution in [3.8, 4) is 0 Å². The van der Waals surface area contributed by atoms with Crippen LogP contribution in [0.5, 0.6) is 0 Å². The van der Waals surface area contributed by atoms with Gasteiger partial charge in [0.1, 0.15) is 0 Å². The fraction of sp³-hybridized carbons (Fsp3) is 0.889. The summed E-state index contributed by atoms with van der Waals surface area (Å²) in [5.74, 6) is 0.394. The Hall–Kier alpha value is -0.370. The zero-order valence-corrected chi connectivity index (χ0v) is 7.44. The van der Waals surface area contributed by atoms with Crippen LogP contribution in [0.2, 0.25) is 0 Å². The van der Waals surface area contributed by atoms with Crippen molar-refractivity contribution in [1.29, 1.82) is 0 Å². The van der Waals surface area contributed by atoms with Crippen molar-refractivity contribution in [1.82, 2.24) is 5.32 Å². The van der Waals surface area contributed by atoms with E-state index in [0.717, 1.165) is 19.4 Å². The molecule has 0 aliphatic heterocycles. The predicted molar refractivity (Wildman–Crippen MR) is 45.6 cm³/mol. The Morgan fingerprint density at radius 1 is 1.45 bits per heavy atom. The molecule has 0 atom stereocenters. The van der Waals surface area contributed by atoms with Crippen LogP contribution in [0.1, 0.15) is 39.5 Å². The van der Waals surface area contributed by atoms with Crippen LogP contribution in [0.4, 0.5) is 0 Å². The Morgan fingerprint density at radius 3 is 2.36 bits per heavy atom. The van der Waals surface area contributed by atoms with Gasteiger partial charge in [0, 0.05) is 6.42 Å². The van der Waals surface area contributed by atoms with Crippen LogP contribution in [0, 0.1) is 0 Å². The molecule has 1 aliphatic carbocycles. The number of hydrogen-bond acceptors (Lipinski definition) is 2. The first-order chi connectivity index (χ1) is 5.25. The van der Waals surface area contributed by atoms with Crippen LogP contribution in [-0.2, 0) is 4.79 Å². The van der Waals surface area contributed by atoms with Gasteiger partial charge in [-0.05, 0) is 25.8 Å². The number of carbonyl (C=O) groups excluding carboxylic acids is 1. The van der Waals surface area contributed by atoms with Crippen molar-refractivity contribution >= 4 is 5.78 Å². The zero-order chi connectivity index (χ0) is 8.32. The molecule has 1 aliphatic rings. The van der Waals surface area contributed by atoms with Crippen molar-refractivity contribution in [3.63, 3.8) is 0 Å². The predicted octanol–water partition coefficient (Wildman–Crippen LogP) is 1.50. The minimum Gasteiger partial charge on any atom is -0.305 e. The molecular formula is C9H17NO. The minimum absolute atomic E-state index is 0.108. The van der Waals surface area contributed by atoms with E-state index >= 15 is 0 Å². The molecule has 0 aromatic carbocycles. The molecule has 0 amide bonds. The summed E-state index contributed by atoms with van der Waals surface area (Å²) in [5.41, 5.74) is -0.108. The molecule has 11 heavy (non-hydrogen) atoms. The van der Waals surface area contributed by atoms with E-state index in [4.69, 9.17) is 0 Å². The van der Waals surface area contributed by atoms with E-state index in [1.165, 1.54) is 6.42 Å². The van der Waals surface area contributed by atoms with Gasteiger partial charge < -0.3 is 5.32 Å². The third-order valence-corrected chi connectivity index (χ3v) is 2.58. The summed E-state index contributed by atoms with van der Waals surface area (Å²) in [7, 11) is 0. The van der Waals surface area contributed by atoms with Crippen LogP contribution in [-0.4, -0.2) is 17.9 Å². The number of ketones is 1. The molecule has 1 N–H and O–H groups in total. The molecule has 1 saturated carbocycles. The quantitative estimate of drug-likeness (QED) is 0.666. The van der Waals surface area contributed by atoms with Gasteiger partial charge in [-0.2, -0.15) is 0 Å². The first-order valence-electron chi connectivity index (χ1n) is 4.53. The lowest BCUT2D eigenvalue weighted by atomic mass is 9.73. The maximum Gasteiger partial charge on any atom is 0.152 e. The highest BCUT2D eigenvalue weighted by atomic mass is 16.1. The normalized spacial score (nSPS) is 20.9. The Bertz CT molecular complexity index is 150. The Labute approximate surface area is 68.4 Å². The largest absolute Gasteiger partial charge is 0.305 e. The molecule has 1 rings (SSSR count). The highest BCUT2D eigenvalue weighted by Crippen LogP contribution is 2.33. The number of rotatable bonds is 4. The maximum absolute atomic E-state index is 11.4. The van der Waals surface area contributed by atoms with E-state index < -0.39 is 0 Å². The number of hydrogen-bond donors (Lipinski definition) is 1. The molecule has 2 heteroatoms. The molecule has 2 nitrogen and oxygen atoms in total.